The summed E-state index contributed by atoms with van der Waals surface area (Å²) in [6, 6.07) is 2.48. The predicted octanol–water partition coefficient (Wildman–Crippen LogP) is 1.79. The Hall–Kier alpha value is -1.03. The van der Waals surface area contributed by atoms with Gasteiger partial charge in [-0.3, -0.25) is 4.68 Å². The molecular formula is C11H19N3O. The molecule has 0 spiro atoms. The van der Waals surface area contributed by atoms with E-state index in [1.54, 1.807) is 0 Å². The lowest BCUT2D eigenvalue weighted by Crippen LogP contribution is -2.40. The van der Waals surface area contributed by atoms with Crippen LogP contribution >= 0.6 is 0 Å². The van der Waals surface area contributed by atoms with Crippen LogP contribution in [0.5, 0.6) is 0 Å². The molecule has 0 amide bonds. The van der Waals surface area contributed by atoms with Crippen molar-refractivity contribution in [3.8, 4) is 0 Å². The fourth-order valence-electron chi connectivity index (χ4n) is 2.06. The summed E-state index contributed by atoms with van der Waals surface area (Å²) in [5.41, 5.74) is -0.00923. The van der Waals surface area contributed by atoms with Gasteiger partial charge in [-0.15, -0.1) is 0 Å². The Morgan fingerprint density at radius 1 is 1.60 bits per heavy atom. The summed E-state index contributed by atoms with van der Waals surface area (Å²) in [6.45, 7) is 5.11. The first-order valence-corrected chi connectivity index (χ1v) is 5.45. The highest BCUT2D eigenvalue weighted by atomic mass is 16.5. The van der Waals surface area contributed by atoms with E-state index < -0.39 is 0 Å². The highest BCUT2D eigenvalue weighted by Crippen LogP contribution is 2.25. The SMILES string of the molecule is Cn1ccc(NC2CCOC(C)(C)C2)n1. The van der Waals surface area contributed by atoms with Crippen molar-refractivity contribution in [1.82, 2.24) is 9.78 Å². The van der Waals surface area contributed by atoms with Crippen molar-refractivity contribution in [2.45, 2.75) is 38.3 Å². The van der Waals surface area contributed by atoms with Crippen molar-refractivity contribution in [1.29, 1.82) is 0 Å². The molecule has 0 radical (unpaired) electrons. The fraction of sp³-hybridized carbons (Fsp3) is 0.727. The number of nitrogens with one attached hydrogen (secondary N) is 1. The third-order valence-electron chi connectivity index (χ3n) is 2.76. The van der Waals surface area contributed by atoms with Crippen LogP contribution in [0.4, 0.5) is 5.82 Å². The van der Waals surface area contributed by atoms with Crippen molar-refractivity contribution in [2.24, 2.45) is 7.05 Å². The molecule has 2 rings (SSSR count). The van der Waals surface area contributed by atoms with E-state index in [1.165, 1.54) is 0 Å². The first kappa shape index (κ1) is 10.5. The van der Waals surface area contributed by atoms with E-state index in [4.69, 9.17) is 4.74 Å². The van der Waals surface area contributed by atoms with Crippen molar-refractivity contribution in [3.05, 3.63) is 12.3 Å². The van der Waals surface area contributed by atoms with Crippen molar-refractivity contribution in [3.63, 3.8) is 0 Å². The first-order chi connectivity index (χ1) is 7.05. The molecule has 0 bridgehead atoms. The first-order valence-electron chi connectivity index (χ1n) is 5.45. The monoisotopic (exact) mass is 209 g/mol. The number of ether oxygens (including phenoxy) is 1. The zero-order valence-corrected chi connectivity index (χ0v) is 9.66. The summed E-state index contributed by atoms with van der Waals surface area (Å²) < 4.78 is 7.49. The number of rotatable bonds is 2. The molecule has 1 aliphatic rings. The van der Waals surface area contributed by atoms with E-state index in [2.05, 4.69) is 24.3 Å². The molecule has 4 heteroatoms. The summed E-state index contributed by atoms with van der Waals surface area (Å²) in [7, 11) is 1.93. The van der Waals surface area contributed by atoms with Gasteiger partial charge >= 0.3 is 0 Å². The topological polar surface area (TPSA) is 39.1 Å². The molecule has 2 heterocycles. The van der Waals surface area contributed by atoms with Crippen LogP contribution in [0, 0.1) is 0 Å². The van der Waals surface area contributed by atoms with E-state index in [9.17, 15) is 0 Å². The third kappa shape index (κ3) is 2.72. The second kappa shape index (κ2) is 3.85. The van der Waals surface area contributed by atoms with Gasteiger partial charge in [0.2, 0.25) is 0 Å². The molecule has 1 N–H and O–H groups in total. The Kier molecular flexibility index (Phi) is 2.69. The van der Waals surface area contributed by atoms with Gasteiger partial charge in [0.1, 0.15) is 5.82 Å². The molecule has 1 saturated heterocycles. The Morgan fingerprint density at radius 3 is 3.00 bits per heavy atom. The van der Waals surface area contributed by atoms with Gasteiger partial charge in [0.05, 0.1) is 5.60 Å². The molecular weight excluding hydrogens is 190 g/mol. The molecule has 1 aromatic heterocycles. The Balaban J connectivity index is 1.95. The molecule has 84 valence electrons. The van der Waals surface area contributed by atoms with Gasteiger partial charge in [-0.2, -0.15) is 5.10 Å². The largest absolute Gasteiger partial charge is 0.375 e. The average Bonchev–Trinajstić information content (AvgIpc) is 2.49. The van der Waals surface area contributed by atoms with Gasteiger partial charge in [0, 0.05) is 32.0 Å². The summed E-state index contributed by atoms with van der Waals surface area (Å²) in [5.74, 6) is 0.959. The highest BCUT2D eigenvalue weighted by Gasteiger charge is 2.28. The lowest BCUT2D eigenvalue weighted by atomic mass is 9.94. The molecule has 0 saturated carbocycles. The van der Waals surface area contributed by atoms with Crippen LogP contribution in [0.3, 0.4) is 0 Å². The third-order valence-corrected chi connectivity index (χ3v) is 2.76. The summed E-state index contributed by atoms with van der Waals surface area (Å²) in [4.78, 5) is 0. The Bertz CT molecular complexity index is 332. The minimum Gasteiger partial charge on any atom is -0.375 e. The van der Waals surface area contributed by atoms with Gasteiger partial charge in [-0.25, -0.2) is 0 Å². The fourth-order valence-corrected chi connectivity index (χ4v) is 2.06. The number of hydrogen-bond acceptors (Lipinski definition) is 3. The summed E-state index contributed by atoms with van der Waals surface area (Å²) in [5, 5.41) is 7.76. The zero-order chi connectivity index (χ0) is 10.9. The smallest absolute Gasteiger partial charge is 0.148 e. The van der Waals surface area contributed by atoms with Crippen LogP contribution in [-0.4, -0.2) is 28.0 Å². The van der Waals surface area contributed by atoms with E-state index in [0.29, 0.717) is 6.04 Å². The molecule has 15 heavy (non-hydrogen) atoms. The molecule has 1 atom stereocenters. The molecule has 1 fully saturated rings. The van der Waals surface area contributed by atoms with E-state index >= 15 is 0 Å². The molecule has 1 unspecified atom stereocenters. The minimum absolute atomic E-state index is 0.00923. The van der Waals surface area contributed by atoms with Crippen LogP contribution in [0.1, 0.15) is 26.7 Å². The van der Waals surface area contributed by atoms with Crippen molar-refractivity contribution < 1.29 is 4.74 Å². The van der Waals surface area contributed by atoms with Crippen molar-refractivity contribution in [2.75, 3.05) is 11.9 Å². The van der Waals surface area contributed by atoms with Crippen LogP contribution in [0.15, 0.2) is 12.3 Å². The van der Waals surface area contributed by atoms with E-state index in [0.717, 1.165) is 25.3 Å². The number of anilines is 1. The van der Waals surface area contributed by atoms with Gasteiger partial charge in [0.25, 0.3) is 0 Å². The maximum Gasteiger partial charge on any atom is 0.148 e. The second-order valence-corrected chi connectivity index (χ2v) is 4.82. The Labute approximate surface area is 90.6 Å². The normalized spacial score (nSPS) is 25.1. The lowest BCUT2D eigenvalue weighted by Gasteiger charge is -2.35. The van der Waals surface area contributed by atoms with Crippen LogP contribution < -0.4 is 5.32 Å². The lowest BCUT2D eigenvalue weighted by molar-refractivity contribution is -0.0553. The highest BCUT2D eigenvalue weighted by molar-refractivity contribution is 5.33. The van der Waals surface area contributed by atoms with E-state index in [1.807, 2.05) is 24.0 Å². The predicted molar refractivity (Wildman–Crippen MR) is 59.9 cm³/mol. The Morgan fingerprint density at radius 2 is 2.40 bits per heavy atom. The maximum absolute atomic E-state index is 5.67. The number of nitrogens with zero attached hydrogens (tertiary/aromatic N) is 2. The average molecular weight is 209 g/mol. The van der Waals surface area contributed by atoms with Gasteiger partial charge < -0.3 is 10.1 Å². The molecule has 0 aliphatic carbocycles. The number of hydrogen-bond donors (Lipinski definition) is 1. The summed E-state index contributed by atoms with van der Waals surface area (Å²) >= 11 is 0. The van der Waals surface area contributed by atoms with Gasteiger partial charge in [0.15, 0.2) is 0 Å². The molecule has 1 aliphatic heterocycles. The molecule has 4 nitrogen and oxygen atoms in total. The summed E-state index contributed by atoms with van der Waals surface area (Å²) in [6.07, 6.45) is 4.04. The number of aryl methyl sites for hydroxylation is 1. The van der Waals surface area contributed by atoms with E-state index in [-0.39, 0.29) is 5.60 Å². The molecule has 0 aromatic carbocycles. The molecule has 1 aromatic rings. The van der Waals surface area contributed by atoms with Crippen LogP contribution in [0.2, 0.25) is 0 Å². The zero-order valence-electron chi connectivity index (χ0n) is 9.66. The minimum atomic E-state index is -0.00923. The van der Waals surface area contributed by atoms with Crippen LogP contribution in [0.25, 0.3) is 0 Å². The van der Waals surface area contributed by atoms with Crippen LogP contribution in [-0.2, 0) is 11.8 Å². The standard InChI is InChI=1S/C11H19N3O/c1-11(2)8-9(5-7-15-11)12-10-4-6-14(3)13-10/h4,6,9H,5,7-8H2,1-3H3,(H,12,13). The van der Waals surface area contributed by atoms with Crippen molar-refractivity contribution >= 4 is 5.82 Å². The second-order valence-electron chi connectivity index (χ2n) is 4.82. The van der Waals surface area contributed by atoms with Gasteiger partial charge in [-0.1, -0.05) is 0 Å². The number of aromatic nitrogens is 2. The van der Waals surface area contributed by atoms with Gasteiger partial charge in [-0.05, 0) is 26.7 Å². The maximum atomic E-state index is 5.67. The quantitative estimate of drug-likeness (QED) is 0.807.